The number of nitrogens with one attached hydrogen (secondary N) is 1. The normalized spacial score (nSPS) is 16.6. The zero-order valence-corrected chi connectivity index (χ0v) is 17.5. The molecule has 0 aliphatic carbocycles. The van der Waals surface area contributed by atoms with Gasteiger partial charge in [0.2, 0.25) is 5.17 Å². The number of amides is 1. The molecule has 0 saturated heterocycles. The lowest BCUT2D eigenvalue weighted by Gasteiger charge is -2.20. The third-order valence-corrected chi connectivity index (χ3v) is 5.89. The molecule has 0 saturated carbocycles. The number of hydrazone groups is 1. The second-order valence-electron chi connectivity index (χ2n) is 7.01. The van der Waals surface area contributed by atoms with Gasteiger partial charge in [0.15, 0.2) is 5.84 Å². The van der Waals surface area contributed by atoms with Crippen molar-refractivity contribution >= 4 is 45.5 Å². The topological polar surface area (TPSA) is 117 Å². The first kappa shape index (κ1) is 20.5. The van der Waals surface area contributed by atoms with E-state index in [9.17, 15) is 19.3 Å². The highest BCUT2D eigenvalue weighted by molar-refractivity contribution is 8.27. The number of thioether (sulfide) groups is 1. The van der Waals surface area contributed by atoms with E-state index in [4.69, 9.17) is 5.41 Å². The highest BCUT2D eigenvalue weighted by Crippen LogP contribution is 2.31. The van der Waals surface area contributed by atoms with Crippen molar-refractivity contribution in [3.8, 4) is 5.69 Å². The molecule has 2 aliphatic heterocycles. The van der Waals surface area contributed by atoms with E-state index in [-0.39, 0.29) is 28.1 Å². The van der Waals surface area contributed by atoms with Crippen molar-refractivity contribution in [1.82, 2.24) is 9.58 Å². The first-order chi connectivity index (χ1) is 15.9. The number of carbonyl (C=O) groups excluding carboxylic acids is 1. The van der Waals surface area contributed by atoms with Crippen LogP contribution in [0.1, 0.15) is 11.3 Å². The zero-order chi connectivity index (χ0) is 23.1. The Kier molecular flexibility index (Phi) is 4.94. The van der Waals surface area contributed by atoms with Gasteiger partial charge in [-0.1, -0.05) is 6.07 Å². The number of aliphatic imine (C=N–C) groups is 1. The molecular weight excluding hydrogens is 447 g/mol. The molecule has 2 aromatic carbocycles. The van der Waals surface area contributed by atoms with Crippen LogP contribution in [-0.2, 0) is 4.79 Å². The van der Waals surface area contributed by atoms with Gasteiger partial charge in [0.05, 0.1) is 16.2 Å². The molecule has 33 heavy (non-hydrogen) atoms. The average molecular weight is 460 g/mol. The molecule has 1 amide bonds. The van der Waals surface area contributed by atoms with Crippen LogP contribution in [0, 0.1) is 21.3 Å². The Balaban J connectivity index is 1.49. The van der Waals surface area contributed by atoms with Crippen molar-refractivity contribution in [3.05, 3.63) is 99.6 Å². The predicted octanol–water partition coefficient (Wildman–Crippen LogP) is 4.19. The van der Waals surface area contributed by atoms with Crippen molar-refractivity contribution < 1.29 is 14.1 Å². The van der Waals surface area contributed by atoms with Crippen molar-refractivity contribution in [2.75, 3.05) is 0 Å². The summed E-state index contributed by atoms with van der Waals surface area (Å²) < 4.78 is 14.9. The second kappa shape index (κ2) is 7.95. The molecule has 0 bridgehead atoms. The fourth-order valence-corrected chi connectivity index (χ4v) is 4.25. The van der Waals surface area contributed by atoms with Crippen molar-refractivity contribution in [1.29, 1.82) is 5.41 Å². The van der Waals surface area contributed by atoms with Crippen molar-refractivity contribution in [3.63, 3.8) is 0 Å². The highest BCUT2D eigenvalue weighted by Gasteiger charge is 2.36. The molecule has 5 rings (SSSR count). The monoisotopic (exact) mass is 460 g/mol. The molecule has 0 fully saturated rings. The van der Waals surface area contributed by atoms with Gasteiger partial charge >= 0.3 is 0 Å². The minimum Gasteiger partial charge on any atom is -0.317 e. The van der Waals surface area contributed by atoms with Gasteiger partial charge in [-0.15, -0.1) is 0 Å². The van der Waals surface area contributed by atoms with Crippen LogP contribution in [0.25, 0.3) is 11.8 Å². The number of non-ortho nitro benzene ring substituents is 1. The summed E-state index contributed by atoms with van der Waals surface area (Å²) in [7, 11) is 0. The number of rotatable bonds is 4. The molecule has 1 N–H and O–H groups in total. The lowest BCUT2D eigenvalue weighted by molar-refractivity contribution is -0.384. The first-order valence-electron chi connectivity index (χ1n) is 9.59. The van der Waals surface area contributed by atoms with E-state index in [0.717, 1.165) is 11.8 Å². The summed E-state index contributed by atoms with van der Waals surface area (Å²) in [5.41, 5.74) is 1.68. The van der Waals surface area contributed by atoms with E-state index in [1.165, 1.54) is 35.4 Å². The summed E-state index contributed by atoms with van der Waals surface area (Å²) in [5, 5.41) is 26.0. The second-order valence-corrected chi connectivity index (χ2v) is 7.97. The van der Waals surface area contributed by atoms with E-state index in [2.05, 4.69) is 10.1 Å². The summed E-state index contributed by atoms with van der Waals surface area (Å²) in [6, 6.07) is 15.3. The van der Waals surface area contributed by atoms with E-state index < -0.39 is 10.8 Å². The summed E-state index contributed by atoms with van der Waals surface area (Å²) >= 11 is 1.12. The molecule has 0 atom stereocenters. The standard InChI is InChI=1S/C22H13FN6O3S/c23-14-8-6-13(7-9-14)21-26-28-19(24)18(20(30)25-22(28)33-21)12-16-5-2-10-27(16)15-3-1-4-17(11-15)29(31)32/h1-12,24H/b18-12+,24-19?. The number of hydrogen-bond donors (Lipinski definition) is 1. The van der Waals surface area contributed by atoms with Gasteiger partial charge in [-0.25, -0.2) is 4.39 Å². The lowest BCUT2D eigenvalue weighted by Crippen LogP contribution is -2.35. The maximum atomic E-state index is 13.2. The van der Waals surface area contributed by atoms with Crippen LogP contribution in [0.3, 0.4) is 0 Å². The van der Waals surface area contributed by atoms with Crippen LogP contribution >= 0.6 is 11.8 Å². The largest absolute Gasteiger partial charge is 0.317 e. The van der Waals surface area contributed by atoms with E-state index in [1.54, 1.807) is 47.2 Å². The summed E-state index contributed by atoms with van der Waals surface area (Å²) in [6.45, 7) is 0. The Hall–Kier alpha value is -4.38. The lowest BCUT2D eigenvalue weighted by atomic mass is 10.1. The number of amidine groups is 2. The van der Waals surface area contributed by atoms with Gasteiger partial charge in [0.1, 0.15) is 10.9 Å². The average Bonchev–Trinajstić information content (AvgIpc) is 3.44. The van der Waals surface area contributed by atoms with Crippen molar-refractivity contribution in [2.24, 2.45) is 10.1 Å². The number of nitro groups is 1. The Bertz CT molecular complexity index is 1420. The van der Waals surface area contributed by atoms with E-state index in [0.29, 0.717) is 22.0 Å². The molecule has 11 heteroatoms. The van der Waals surface area contributed by atoms with Gasteiger partial charge in [-0.05, 0) is 60.3 Å². The number of hydrogen-bond acceptors (Lipinski definition) is 6. The minimum atomic E-state index is -0.596. The Morgan fingerprint density at radius 1 is 1.12 bits per heavy atom. The van der Waals surface area contributed by atoms with E-state index >= 15 is 0 Å². The number of nitro benzene ring substituents is 1. The molecule has 0 radical (unpaired) electrons. The molecule has 0 spiro atoms. The maximum absolute atomic E-state index is 13.2. The number of carbonyl (C=O) groups is 1. The number of aromatic nitrogens is 1. The fraction of sp³-hybridized carbons (Fsp3) is 0. The molecule has 162 valence electrons. The van der Waals surface area contributed by atoms with Gasteiger partial charge in [-0.3, -0.25) is 20.3 Å². The van der Waals surface area contributed by atoms with Crippen LogP contribution in [0.5, 0.6) is 0 Å². The van der Waals surface area contributed by atoms with Crippen molar-refractivity contribution in [2.45, 2.75) is 0 Å². The Labute approximate surface area is 190 Å². The number of halogens is 1. The molecular formula is C22H13FN6O3S. The Morgan fingerprint density at radius 2 is 1.91 bits per heavy atom. The maximum Gasteiger partial charge on any atom is 0.283 e. The SMILES string of the molecule is N=C1/C(=C\c2cccn2-c2cccc([N+](=O)[O-])c2)C(=O)N=C2SC(c3ccc(F)cc3)=NN12. The number of nitrogens with zero attached hydrogens (tertiary/aromatic N) is 5. The third kappa shape index (κ3) is 3.74. The third-order valence-electron chi connectivity index (χ3n) is 4.94. The summed E-state index contributed by atoms with van der Waals surface area (Å²) in [5.74, 6) is -1.13. The quantitative estimate of drug-likeness (QED) is 0.356. The minimum absolute atomic E-state index is 0.0221. The molecule has 3 aromatic rings. The highest BCUT2D eigenvalue weighted by atomic mass is 32.2. The molecule has 2 aliphatic rings. The predicted molar refractivity (Wildman–Crippen MR) is 123 cm³/mol. The number of benzene rings is 2. The van der Waals surface area contributed by atoms with Crippen LogP contribution in [0.15, 0.2) is 82.5 Å². The first-order valence-corrected chi connectivity index (χ1v) is 10.4. The van der Waals surface area contributed by atoms with Gasteiger partial charge < -0.3 is 4.57 Å². The zero-order valence-electron chi connectivity index (χ0n) is 16.7. The smallest absolute Gasteiger partial charge is 0.283 e. The summed E-state index contributed by atoms with van der Waals surface area (Å²) in [6.07, 6.45) is 3.20. The fourth-order valence-electron chi connectivity index (χ4n) is 3.35. The molecule has 0 unspecified atom stereocenters. The molecule has 1 aromatic heterocycles. The molecule has 3 heterocycles. The van der Waals surface area contributed by atoms with Crippen LogP contribution < -0.4 is 0 Å². The van der Waals surface area contributed by atoms with Gasteiger partial charge in [0.25, 0.3) is 11.6 Å². The van der Waals surface area contributed by atoms with Crippen LogP contribution in [-0.4, -0.2) is 36.5 Å². The molecule has 9 nitrogen and oxygen atoms in total. The van der Waals surface area contributed by atoms with E-state index in [1.807, 2.05) is 0 Å². The van der Waals surface area contributed by atoms with Gasteiger partial charge in [0, 0.05) is 29.6 Å². The summed E-state index contributed by atoms with van der Waals surface area (Å²) in [4.78, 5) is 27.4. The number of fused-ring (bicyclic) bond motifs is 1. The van der Waals surface area contributed by atoms with Crippen LogP contribution in [0.4, 0.5) is 10.1 Å². The van der Waals surface area contributed by atoms with Crippen LogP contribution in [0.2, 0.25) is 0 Å². The Morgan fingerprint density at radius 3 is 2.67 bits per heavy atom. The van der Waals surface area contributed by atoms with Gasteiger partial charge in [-0.2, -0.15) is 15.1 Å².